The van der Waals surface area contributed by atoms with E-state index in [1.54, 1.807) is 40.7 Å². The summed E-state index contributed by atoms with van der Waals surface area (Å²) in [6.45, 7) is 3.69. The van der Waals surface area contributed by atoms with Crippen LogP contribution >= 0.6 is 11.3 Å². The maximum atomic E-state index is 14.3. The smallest absolute Gasteiger partial charge is 0.232 e. The number of nitrogens with zero attached hydrogens (tertiary/aromatic N) is 3. The molecule has 0 bridgehead atoms. The molecule has 2 heterocycles. The zero-order valence-electron chi connectivity index (χ0n) is 19.1. The Labute approximate surface area is 205 Å². The van der Waals surface area contributed by atoms with Gasteiger partial charge in [-0.15, -0.1) is 11.3 Å². The van der Waals surface area contributed by atoms with Gasteiger partial charge in [-0.05, 0) is 59.7 Å². The number of fused-ring (bicyclic) bond motifs is 1. The van der Waals surface area contributed by atoms with Gasteiger partial charge in [-0.25, -0.2) is 18.4 Å². The highest BCUT2D eigenvalue weighted by molar-refractivity contribution is 7.13. The molecule has 3 aromatic carbocycles. The van der Waals surface area contributed by atoms with Crippen molar-refractivity contribution in [3.63, 3.8) is 0 Å². The lowest BCUT2D eigenvalue weighted by atomic mass is 9.70. The molecule has 5 nitrogen and oxygen atoms in total. The van der Waals surface area contributed by atoms with Crippen LogP contribution < -0.4 is 5.32 Å². The summed E-state index contributed by atoms with van der Waals surface area (Å²) < 4.78 is 29.4. The van der Waals surface area contributed by atoms with Gasteiger partial charge in [0, 0.05) is 22.9 Å². The van der Waals surface area contributed by atoms with Gasteiger partial charge < -0.3 is 5.32 Å². The summed E-state index contributed by atoms with van der Waals surface area (Å²) in [7, 11) is 0. The number of carbonyl (C=O) groups is 1. The van der Waals surface area contributed by atoms with Gasteiger partial charge in [0.15, 0.2) is 5.13 Å². The van der Waals surface area contributed by atoms with E-state index in [4.69, 9.17) is 0 Å². The minimum atomic E-state index is -0.944. The van der Waals surface area contributed by atoms with Gasteiger partial charge >= 0.3 is 0 Å². The Hall–Kier alpha value is -3.91. The Morgan fingerprint density at radius 3 is 2.49 bits per heavy atom. The van der Waals surface area contributed by atoms with Crippen molar-refractivity contribution in [2.75, 3.05) is 5.32 Å². The quantitative estimate of drug-likeness (QED) is 0.295. The van der Waals surface area contributed by atoms with Crippen molar-refractivity contribution in [3.8, 4) is 5.69 Å². The van der Waals surface area contributed by atoms with E-state index in [-0.39, 0.29) is 17.5 Å². The highest BCUT2D eigenvalue weighted by Gasteiger charge is 2.39. The Balaban J connectivity index is 1.59. The van der Waals surface area contributed by atoms with Gasteiger partial charge in [0.05, 0.1) is 22.8 Å². The number of nitrogens with one attached hydrogen (secondary N) is 1. The first kappa shape index (κ1) is 22.9. The fraction of sp³-hybridized carbons (Fsp3) is 0.148. The SMILES string of the molecule is CC(C)(C(=O)Nc1nccs1)C(c1cccc(F)c1)c1ccc2c(cnn2-c2ccc(F)cc2)c1. The maximum Gasteiger partial charge on any atom is 0.232 e. The lowest BCUT2D eigenvalue weighted by Gasteiger charge is -2.34. The highest BCUT2D eigenvalue weighted by Crippen LogP contribution is 2.43. The monoisotopic (exact) mass is 488 g/mol. The molecule has 5 aromatic rings. The number of anilines is 1. The molecule has 176 valence electrons. The Morgan fingerprint density at radius 1 is 1.00 bits per heavy atom. The Kier molecular flexibility index (Phi) is 5.90. The summed E-state index contributed by atoms with van der Waals surface area (Å²) in [6, 6.07) is 18.3. The second-order valence-corrected chi connectivity index (χ2v) is 9.75. The van der Waals surface area contributed by atoms with Crippen molar-refractivity contribution in [2.24, 2.45) is 5.41 Å². The first-order chi connectivity index (χ1) is 16.8. The third-order valence-corrected chi connectivity index (χ3v) is 6.83. The standard InChI is InChI=1S/C27H22F2N4OS/c1-27(2,25(34)32-26-30-12-13-35-26)24(17-4-3-5-21(29)15-17)18-6-11-23-19(14-18)16-31-33(23)22-9-7-20(28)8-10-22/h3-16,24H,1-2H3,(H,30,32,34). The van der Waals surface area contributed by atoms with Crippen LogP contribution in [0.15, 0.2) is 84.5 Å². The number of carbonyl (C=O) groups excluding carboxylic acids is 1. The molecule has 0 fully saturated rings. The van der Waals surface area contributed by atoms with Crippen LogP contribution in [-0.2, 0) is 4.79 Å². The minimum Gasteiger partial charge on any atom is -0.301 e. The summed E-state index contributed by atoms with van der Waals surface area (Å²) in [5.74, 6) is -1.35. The van der Waals surface area contributed by atoms with E-state index in [0.29, 0.717) is 10.7 Å². The van der Waals surface area contributed by atoms with Crippen molar-refractivity contribution < 1.29 is 13.6 Å². The van der Waals surface area contributed by atoms with Gasteiger partial charge in [-0.2, -0.15) is 5.10 Å². The number of hydrogen-bond acceptors (Lipinski definition) is 4. The molecule has 0 spiro atoms. The largest absolute Gasteiger partial charge is 0.301 e. The summed E-state index contributed by atoms with van der Waals surface area (Å²) in [5, 5.41) is 10.5. The third kappa shape index (κ3) is 4.44. The molecular weight excluding hydrogens is 466 g/mol. The molecule has 35 heavy (non-hydrogen) atoms. The molecule has 0 aliphatic carbocycles. The first-order valence-corrected chi connectivity index (χ1v) is 11.9. The van der Waals surface area contributed by atoms with E-state index in [1.165, 1.54) is 35.6 Å². The molecule has 1 amide bonds. The molecule has 1 N–H and O–H groups in total. The van der Waals surface area contributed by atoms with Crippen molar-refractivity contribution in [1.82, 2.24) is 14.8 Å². The number of benzene rings is 3. The highest BCUT2D eigenvalue weighted by atomic mass is 32.1. The van der Waals surface area contributed by atoms with Crippen LogP contribution in [0.25, 0.3) is 16.6 Å². The van der Waals surface area contributed by atoms with E-state index in [9.17, 15) is 13.6 Å². The minimum absolute atomic E-state index is 0.219. The van der Waals surface area contributed by atoms with E-state index < -0.39 is 11.3 Å². The molecule has 0 saturated heterocycles. The summed E-state index contributed by atoms with van der Waals surface area (Å²) in [6.07, 6.45) is 3.36. The molecular formula is C27H22F2N4OS. The number of thiazole rings is 1. The summed E-state index contributed by atoms with van der Waals surface area (Å²) in [4.78, 5) is 17.6. The van der Waals surface area contributed by atoms with E-state index in [1.807, 2.05) is 38.1 Å². The van der Waals surface area contributed by atoms with Crippen LogP contribution in [0.4, 0.5) is 13.9 Å². The predicted octanol–water partition coefficient (Wildman–Crippen LogP) is 6.56. The van der Waals surface area contributed by atoms with Crippen LogP contribution in [0.1, 0.15) is 30.9 Å². The van der Waals surface area contributed by atoms with Crippen molar-refractivity contribution in [2.45, 2.75) is 19.8 Å². The van der Waals surface area contributed by atoms with Gasteiger partial charge in [-0.3, -0.25) is 4.79 Å². The van der Waals surface area contributed by atoms with Crippen molar-refractivity contribution >= 4 is 33.3 Å². The lowest BCUT2D eigenvalue weighted by Crippen LogP contribution is -2.37. The summed E-state index contributed by atoms with van der Waals surface area (Å²) >= 11 is 1.34. The lowest BCUT2D eigenvalue weighted by molar-refractivity contribution is -0.124. The van der Waals surface area contributed by atoms with Crippen LogP contribution in [0.3, 0.4) is 0 Å². The van der Waals surface area contributed by atoms with Crippen LogP contribution in [0, 0.1) is 17.0 Å². The Bertz CT molecular complexity index is 1490. The molecule has 2 aromatic heterocycles. The molecule has 0 aliphatic heterocycles. The van der Waals surface area contributed by atoms with Crippen LogP contribution in [-0.4, -0.2) is 20.7 Å². The third-order valence-electron chi connectivity index (χ3n) is 6.14. The fourth-order valence-corrected chi connectivity index (χ4v) is 4.93. The average molecular weight is 489 g/mol. The van der Waals surface area contributed by atoms with E-state index >= 15 is 0 Å². The predicted molar refractivity (Wildman–Crippen MR) is 134 cm³/mol. The number of rotatable bonds is 6. The normalized spacial score (nSPS) is 12.6. The second kappa shape index (κ2) is 9.03. The molecule has 1 atom stereocenters. The maximum absolute atomic E-state index is 14.3. The average Bonchev–Trinajstić information content (AvgIpc) is 3.49. The first-order valence-electron chi connectivity index (χ1n) is 11.0. The topological polar surface area (TPSA) is 59.8 Å². The van der Waals surface area contributed by atoms with E-state index in [0.717, 1.165) is 22.2 Å². The molecule has 8 heteroatoms. The van der Waals surface area contributed by atoms with Crippen molar-refractivity contribution in [3.05, 3.63) is 107 Å². The number of amides is 1. The van der Waals surface area contributed by atoms with Gasteiger partial charge in [0.1, 0.15) is 11.6 Å². The Morgan fingerprint density at radius 2 is 1.77 bits per heavy atom. The zero-order valence-corrected chi connectivity index (χ0v) is 19.9. The van der Waals surface area contributed by atoms with Gasteiger partial charge in [-0.1, -0.05) is 32.0 Å². The van der Waals surface area contributed by atoms with Gasteiger partial charge in [0.25, 0.3) is 0 Å². The van der Waals surface area contributed by atoms with Crippen molar-refractivity contribution in [1.29, 1.82) is 0 Å². The number of aromatic nitrogens is 3. The van der Waals surface area contributed by atoms with E-state index in [2.05, 4.69) is 15.4 Å². The number of hydrogen-bond donors (Lipinski definition) is 1. The fourth-order valence-electron chi connectivity index (χ4n) is 4.41. The second-order valence-electron chi connectivity index (χ2n) is 8.85. The molecule has 0 radical (unpaired) electrons. The van der Waals surface area contributed by atoms with Crippen LogP contribution in [0.2, 0.25) is 0 Å². The van der Waals surface area contributed by atoms with Crippen LogP contribution in [0.5, 0.6) is 0 Å². The number of halogens is 2. The zero-order chi connectivity index (χ0) is 24.6. The molecule has 0 aliphatic rings. The van der Waals surface area contributed by atoms with Gasteiger partial charge in [0.2, 0.25) is 5.91 Å². The molecule has 0 saturated carbocycles. The molecule has 1 unspecified atom stereocenters. The summed E-state index contributed by atoms with van der Waals surface area (Å²) in [5.41, 5.74) is 2.16. The molecule has 5 rings (SSSR count).